The molecule has 0 unspecified atom stereocenters. The fourth-order valence-electron chi connectivity index (χ4n) is 2.08. The number of aromatic nitrogens is 1. The molecule has 4 nitrogen and oxygen atoms in total. The Morgan fingerprint density at radius 3 is 2.70 bits per heavy atom. The molecule has 1 aromatic carbocycles. The minimum absolute atomic E-state index is 0.659. The highest BCUT2D eigenvalue weighted by Crippen LogP contribution is 2.27. The van der Waals surface area contributed by atoms with E-state index in [0.717, 1.165) is 35.9 Å². The highest BCUT2D eigenvalue weighted by Gasteiger charge is 2.11. The monoisotopic (exact) mass is 271 g/mol. The first-order valence-corrected chi connectivity index (χ1v) is 6.80. The minimum Gasteiger partial charge on any atom is -0.497 e. The SMILES string of the molecule is COc1cccc(N(CCCN)c2cccc(C)n2)c1. The van der Waals surface area contributed by atoms with Crippen molar-refractivity contribution in [1.82, 2.24) is 4.98 Å². The standard InChI is InChI=1S/C16H21N3O/c1-13-6-3-9-16(18-13)19(11-5-10-17)14-7-4-8-15(12-14)20-2/h3-4,6-9,12H,5,10-11,17H2,1-2H3. The number of hydrogen-bond acceptors (Lipinski definition) is 4. The Morgan fingerprint density at radius 2 is 2.00 bits per heavy atom. The molecule has 0 bridgehead atoms. The van der Waals surface area contributed by atoms with Crippen LogP contribution in [0.5, 0.6) is 5.75 Å². The first-order chi connectivity index (χ1) is 9.74. The first kappa shape index (κ1) is 14.3. The zero-order valence-electron chi connectivity index (χ0n) is 12.0. The maximum absolute atomic E-state index is 5.65. The van der Waals surface area contributed by atoms with Crippen LogP contribution < -0.4 is 15.4 Å². The molecule has 4 heteroatoms. The highest BCUT2D eigenvalue weighted by atomic mass is 16.5. The molecule has 0 spiro atoms. The Kier molecular flexibility index (Phi) is 4.96. The summed E-state index contributed by atoms with van der Waals surface area (Å²) in [6.07, 6.45) is 0.910. The average molecular weight is 271 g/mol. The summed E-state index contributed by atoms with van der Waals surface area (Å²) >= 11 is 0. The van der Waals surface area contributed by atoms with Crippen molar-refractivity contribution in [3.05, 3.63) is 48.2 Å². The molecule has 2 N–H and O–H groups in total. The van der Waals surface area contributed by atoms with Gasteiger partial charge < -0.3 is 15.4 Å². The zero-order valence-corrected chi connectivity index (χ0v) is 12.0. The maximum Gasteiger partial charge on any atom is 0.133 e. The zero-order chi connectivity index (χ0) is 14.4. The summed E-state index contributed by atoms with van der Waals surface area (Å²) in [7, 11) is 1.67. The van der Waals surface area contributed by atoms with E-state index >= 15 is 0 Å². The summed E-state index contributed by atoms with van der Waals surface area (Å²) in [5.41, 5.74) is 7.72. The maximum atomic E-state index is 5.65. The van der Waals surface area contributed by atoms with E-state index in [1.54, 1.807) is 7.11 Å². The molecule has 20 heavy (non-hydrogen) atoms. The molecule has 0 aliphatic heterocycles. The first-order valence-electron chi connectivity index (χ1n) is 6.80. The van der Waals surface area contributed by atoms with Crippen LogP contribution in [0.2, 0.25) is 0 Å². The van der Waals surface area contributed by atoms with Crippen LogP contribution in [-0.4, -0.2) is 25.2 Å². The van der Waals surface area contributed by atoms with Gasteiger partial charge in [0.2, 0.25) is 0 Å². The summed E-state index contributed by atoms with van der Waals surface area (Å²) in [6, 6.07) is 14.0. The van der Waals surface area contributed by atoms with Crippen LogP contribution in [-0.2, 0) is 0 Å². The third kappa shape index (κ3) is 3.48. The quantitative estimate of drug-likeness (QED) is 0.877. The van der Waals surface area contributed by atoms with E-state index in [-0.39, 0.29) is 0 Å². The topological polar surface area (TPSA) is 51.4 Å². The van der Waals surface area contributed by atoms with Gasteiger partial charge in [0.1, 0.15) is 11.6 Å². The number of nitrogens with two attached hydrogens (primary N) is 1. The number of aryl methyl sites for hydroxylation is 1. The van der Waals surface area contributed by atoms with Crippen molar-refractivity contribution >= 4 is 11.5 Å². The normalized spacial score (nSPS) is 10.3. The molecule has 0 aliphatic carbocycles. The number of pyridine rings is 1. The third-order valence-electron chi connectivity index (χ3n) is 3.10. The van der Waals surface area contributed by atoms with Crippen molar-refractivity contribution < 1.29 is 4.74 Å². The van der Waals surface area contributed by atoms with Gasteiger partial charge in [-0.1, -0.05) is 12.1 Å². The molecule has 0 amide bonds. The molecule has 0 saturated carbocycles. The molecular weight excluding hydrogens is 250 g/mol. The second-order valence-electron chi connectivity index (χ2n) is 4.63. The summed E-state index contributed by atoms with van der Waals surface area (Å²) < 4.78 is 5.30. The smallest absolute Gasteiger partial charge is 0.133 e. The van der Waals surface area contributed by atoms with Crippen LogP contribution in [0.1, 0.15) is 12.1 Å². The van der Waals surface area contributed by atoms with Crippen LogP contribution in [0.4, 0.5) is 11.5 Å². The minimum atomic E-state index is 0.659. The Morgan fingerprint density at radius 1 is 1.20 bits per heavy atom. The Hall–Kier alpha value is -2.07. The number of nitrogens with zero attached hydrogens (tertiary/aromatic N) is 2. The van der Waals surface area contributed by atoms with Crippen LogP contribution in [0.15, 0.2) is 42.5 Å². The lowest BCUT2D eigenvalue weighted by Crippen LogP contribution is -2.22. The molecule has 0 aliphatic rings. The number of ether oxygens (including phenoxy) is 1. The lowest BCUT2D eigenvalue weighted by atomic mass is 10.2. The lowest BCUT2D eigenvalue weighted by molar-refractivity contribution is 0.415. The van der Waals surface area contributed by atoms with E-state index < -0.39 is 0 Å². The van der Waals surface area contributed by atoms with Crippen molar-refractivity contribution in [2.24, 2.45) is 5.73 Å². The molecule has 1 heterocycles. The van der Waals surface area contributed by atoms with Crippen LogP contribution in [0.3, 0.4) is 0 Å². The van der Waals surface area contributed by atoms with Crippen LogP contribution in [0, 0.1) is 6.92 Å². The van der Waals surface area contributed by atoms with Crippen LogP contribution >= 0.6 is 0 Å². The van der Waals surface area contributed by atoms with Gasteiger partial charge in [0.25, 0.3) is 0 Å². The number of anilines is 2. The second-order valence-corrected chi connectivity index (χ2v) is 4.63. The van der Waals surface area contributed by atoms with E-state index in [4.69, 9.17) is 10.5 Å². The predicted octanol–water partition coefficient (Wildman–Crippen LogP) is 2.89. The van der Waals surface area contributed by atoms with Gasteiger partial charge >= 0.3 is 0 Å². The largest absolute Gasteiger partial charge is 0.497 e. The van der Waals surface area contributed by atoms with Gasteiger partial charge in [0, 0.05) is 24.0 Å². The van der Waals surface area contributed by atoms with Gasteiger partial charge in [-0.25, -0.2) is 4.98 Å². The summed E-state index contributed by atoms with van der Waals surface area (Å²) in [4.78, 5) is 6.77. The third-order valence-corrected chi connectivity index (χ3v) is 3.10. The number of benzene rings is 1. The van der Waals surface area contributed by atoms with E-state index in [1.807, 2.05) is 43.3 Å². The number of methoxy groups -OCH3 is 1. The molecule has 1 aromatic heterocycles. The van der Waals surface area contributed by atoms with E-state index in [9.17, 15) is 0 Å². The van der Waals surface area contributed by atoms with E-state index in [0.29, 0.717) is 6.54 Å². The molecule has 0 saturated heterocycles. The summed E-state index contributed by atoms with van der Waals surface area (Å²) in [5.74, 6) is 1.78. The highest BCUT2D eigenvalue weighted by molar-refractivity contribution is 5.61. The second kappa shape index (κ2) is 6.91. The lowest BCUT2D eigenvalue weighted by Gasteiger charge is -2.24. The van der Waals surface area contributed by atoms with Crippen molar-refractivity contribution in [3.63, 3.8) is 0 Å². The van der Waals surface area contributed by atoms with Gasteiger partial charge in [-0.2, -0.15) is 0 Å². The van der Waals surface area contributed by atoms with Crippen molar-refractivity contribution in [1.29, 1.82) is 0 Å². The molecule has 0 fully saturated rings. The Balaban J connectivity index is 2.35. The summed E-state index contributed by atoms with van der Waals surface area (Å²) in [5, 5.41) is 0. The van der Waals surface area contributed by atoms with E-state index in [2.05, 4.69) is 16.0 Å². The van der Waals surface area contributed by atoms with Gasteiger partial charge in [-0.15, -0.1) is 0 Å². The molecule has 2 aromatic rings. The van der Waals surface area contributed by atoms with Crippen molar-refractivity contribution in [2.45, 2.75) is 13.3 Å². The van der Waals surface area contributed by atoms with Crippen molar-refractivity contribution in [3.8, 4) is 5.75 Å². The fourth-order valence-corrected chi connectivity index (χ4v) is 2.08. The number of hydrogen-bond donors (Lipinski definition) is 1. The molecular formula is C16H21N3O. The Bertz CT molecular complexity index is 557. The molecule has 0 atom stereocenters. The number of rotatable bonds is 6. The van der Waals surface area contributed by atoms with Gasteiger partial charge in [0.05, 0.1) is 7.11 Å². The fraction of sp³-hybridized carbons (Fsp3) is 0.312. The van der Waals surface area contributed by atoms with Gasteiger partial charge in [-0.05, 0) is 44.2 Å². The van der Waals surface area contributed by atoms with Crippen molar-refractivity contribution in [2.75, 3.05) is 25.1 Å². The van der Waals surface area contributed by atoms with E-state index in [1.165, 1.54) is 0 Å². The van der Waals surface area contributed by atoms with Gasteiger partial charge in [-0.3, -0.25) is 0 Å². The van der Waals surface area contributed by atoms with Gasteiger partial charge in [0.15, 0.2) is 0 Å². The predicted molar refractivity (Wildman–Crippen MR) is 82.6 cm³/mol. The molecule has 0 radical (unpaired) electrons. The van der Waals surface area contributed by atoms with Crippen LogP contribution in [0.25, 0.3) is 0 Å². The Labute approximate surface area is 120 Å². The molecule has 2 rings (SSSR count). The summed E-state index contributed by atoms with van der Waals surface area (Å²) in [6.45, 7) is 3.49. The average Bonchev–Trinajstić information content (AvgIpc) is 2.48. The molecule has 106 valence electrons.